The molecule has 4 heterocycles. The molecule has 2 aromatic rings. The highest BCUT2D eigenvalue weighted by molar-refractivity contribution is 5.79. The minimum absolute atomic E-state index is 0.118. The molecule has 1 aliphatic carbocycles. The van der Waals surface area contributed by atoms with Crippen LogP contribution in [0.3, 0.4) is 0 Å². The van der Waals surface area contributed by atoms with E-state index in [9.17, 15) is 22.8 Å². The molecule has 1 N–H and O–H groups in total. The topological polar surface area (TPSA) is 118 Å². The van der Waals surface area contributed by atoms with E-state index in [1.165, 1.54) is 0 Å². The summed E-state index contributed by atoms with van der Waals surface area (Å²) in [5.41, 5.74) is -2.19. The standard InChI is InChI=1S/C27H32F3N7O3/c28-27(29,30)24-22(16-33-34-25(24)38)37-8-2-4-20(37)17-40-21-5-1-3-19(13-21)26(39)36-11-9-35(10-12-36)23-7-6-18(14-31)15-32-23/h6-7,15-16,19-21H,1-5,8-13,17H2,(H,34,38)/t19-,20-,21-/m0/s1. The first kappa shape index (κ1) is 27.9. The van der Waals surface area contributed by atoms with Gasteiger partial charge in [0.15, 0.2) is 0 Å². The quantitative estimate of drug-likeness (QED) is 0.574. The fourth-order valence-corrected chi connectivity index (χ4v) is 6.03. The number of nitriles is 1. The van der Waals surface area contributed by atoms with E-state index in [0.717, 1.165) is 31.3 Å². The van der Waals surface area contributed by atoms with Crippen molar-refractivity contribution < 1.29 is 22.7 Å². The third kappa shape index (κ3) is 6.06. The second-order valence-electron chi connectivity index (χ2n) is 10.6. The number of pyridine rings is 1. The van der Waals surface area contributed by atoms with Crippen molar-refractivity contribution in [1.82, 2.24) is 20.1 Å². The number of halogens is 3. The smallest absolute Gasteiger partial charge is 0.376 e. The Hall–Kier alpha value is -3.66. The molecule has 2 aliphatic heterocycles. The Morgan fingerprint density at radius 1 is 1.10 bits per heavy atom. The van der Waals surface area contributed by atoms with Crippen LogP contribution in [-0.4, -0.2) is 77.5 Å². The van der Waals surface area contributed by atoms with Crippen molar-refractivity contribution in [3.8, 4) is 6.07 Å². The van der Waals surface area contributed by atoms with Crippen molar-refractivity contribution in [3.63, 3.8) is 0 Å². The number of rotatable bonds is 6. The van der Waals surface area contributed by atoms with Crippen molar-refractivity contribution >= 4 is 17.4 Å². The molecule has 0 bridgehead atoms. The van der Waals surface area contributed by atoms with Gasteiger partial charge in [-0.25, -0.2) is 10.1 Å². The molecule has 5 rings (SSSR count). The van der Waals surface area contributed by atoms with Crippen LogP contribution in [0.5, 0.6) is 0 Å². The first-order valence-electron chi connectivity index (χ1n) is 13.7. The van der Waals surface area contributed by atoms with Crippen molar-refractivity contribution in [1.29, 1.82) is 5.26 Å². The van der Waals surface area contributed by atoms with Gasteiger partial charge in [0, 0.05) is 44.8 Å². The summed E-state index contributed by atoms with van der Waals surface area (Å²) < 4.78 is 47.0. The minimum atomic E-state index is -4.79. The number of carbonyl (C=O) groups is 1. The molecule has 1 saturated carbocycles. The molecule has 2 aromatic heterocycles. The predicted molar refractivity (Wildman–Crippen MR) is 140 cm³/mol. The second-order valence-corrected chi connectivity index (χ2v) is 10.6. The van der Waals surface area contributed by atoms with Crippen LogP contribution in [0.15, 0.2) is 29.3 Å². The number of amides is 1. The lowest BCUT2D eigenvalue weighted by atomic mass is 9.86. The number of carbonyl (C=O) groups excluding carboxylic acids is 1. The number of hydrogen-bond acceptors (Lipinski definition) is 8. The molecule has 3 aliphatic rings. The van der Waals surface area contributed by atoms with Crippen molar-refractivity contribution in [2.24, 2.45) is 5.92 Å². The summed E-state index contributed by atoms with van der Waals surface area (Å²) in [6, 6.07) is 5.31. The molecule has 0 spiro atoms. The molecule has 0 unspecified atom stereocenters. The number of hydrogen-bond donors (Lipinski definition) is 1. The lowest BCUT2D eigenvalue weighted by Gasteiger charge is -2.38. The van der Waals surface area contributed by atoms with Gasteiger partial charge in [0.05, 0.1) is 36.2 Å². The van der Waals surface area contributed by atoms with E-state index in [2.05, 4.69) is 21.1 Å². The fraction of sp³-hybridized carbons (Fsp3) is 0.593. The van der Waals surface area contributed by atoms with E-state index in [0.29, 0.717) is 57.5 Å². The van der Waals surface area contributed by atoms with Gasteiger partial charge in [-0.1, -0.05) is 6.42 Å². The molecular weight excluding hydrogens is 527 g/mol. The van der Waals surface area contributed by atoms with Gasteiger partial charge in [0.1, 0.15) is 17.5 Å². The summed E-state index contributed by atoms with van der Waals surface area (Å²) in [6.07, 6.45) is 2.04. The molecule has 3 atom stereocenters. The van der Waals surface area contributed by atoms with Crippen molar-refractivity contribution in [2.45, 2.75) is 56.8 Å². The highest BCUT2D eigenvalue weighted by atomic mass is 19.4. The summed E-state index contributed by atoms with van der Waals surface area (Å²) in [4.78, 5) is 35.2. The van der Waals surface area contributed by atoms with Crippen LogP contribution in [0.25, 0.3) is 0 Å². The van der Waals surface area contributed by atoms with E-state index in [1.54, 1.807) is 17.2 Å². The Bertz CT molecular complexity index is 1290. The van der Waals surface area contributed by atoms with Crippen LogP contribution in [0, 0.1) is 17.2 Å². The molecule has 3 fully saturated rings. The Morgan fingerprint density at radius 3 is 2.60 bits per heavy atom. The maximum absolute atomic E-state index is 13.6. The molecule has 40 heavy (non-hydrogen) atoms. The molecular formula is C27H32F3N7O3. The molecule has 1 amide bonds. The highest BCUT2D eigenvalue weighted by Gasteiger charge is 2.41. The fourth-order valence-electron chi connectivity index (χ4n) is 6.03. The summed E-state index contributed by atoms with van der Waals surface area (Å²) >= 11 is 0. The Balaban J connectivity index is 1.14. The van der Waals surface area contributed by atoms with Gasteiger partial charge >= 0.3 is 6.18 Å². The van der Waals surface area contributed by atoms with E-state index >= 15 is 0 Å². The maximum atomic E-state index is 13.6. The zero-order valence-electron chi connectivity index (χ0n) is 22.1. The van der Waals surface area contributed by atoms with E-state index in [4.69, 9.17) is 10.00 Å². The number of aromatic amines is 1. The minimum Gasteiger partial charge on any atom is -0.376 e. The molecule has 0 aromatic carbocycles. The Kier molecular flexibility index (Phi) is 8.25. The van der Waals surface area contributed by atoms with Gasteiger partial charge in [-0.15, -0.1) is 0 Å². The van der Waals surface area contributed by atoms with E-state index in [-0.39, 0.29) is 36.3 Å². The molecule has 13 heteroatoms. The van der Waals surface area contributed by atoms with Crippen LogP contribution in [0.1, 0.15) is 49.7 Å². The summed E-state index contributed by atoms with van der Waals surface area (Å²) in [7, 11) is 0. The zero-order valence-corrected chi connectivity index (χ0v) is 22.1. The van der Waals surface area contributed by atoms with Crippen LogP contribution >= 0.6 is 0 Å². The number of aromatic nitrogens is 3. The van der Waals surface area contributed by atoms with Gasteiger partial charge in [-0.05, 0) is 44.2 Å². The SMILES string of the molecule is N#Cc1ccc(N2CCN(C(=O)[C@H]3CCC[C@H](OC[C@@H]4CCCN4c4cn[nH]c(=O)c4C(F)(F)F)C3)CC2)nc1. The predicted octanol–water partition coefficient (Wildman–Crippen LogP) is 2.95. The van der Waals surface area contributed by atoms with Gasteiger partial charge in [0.2, 0.25) is 5.91 Å². The maximum Gasteiger partial charge on any atom is 0.423 e. The van der Waals surface area contributed by atoms with Crippen LogP contribution in [0.4, 0.5) is 24.7 Å². The first-order chi connectivity index (χ1) is 19.2. The van der Waals surface area contributed by atoms with Crippen molar-refractivity contribution in [2.75, 3.05) is 49.1 Å². The Morgan fingerprint density at radius 2 is 1.90 bits per heavy atom. The average Bonchev–Trinajstić information content (AvgIpc) is 3.44. The number of ether oxygens (including phenoxy) is 1. The van der Waals surface area contributed by atoms with Crippen LogP contribution < -0.4 is 15.4 Å². The zero-order chi connectivity index (χ0) is 28.3. The van der Waals surface area contributed by atoms with E-state index in [1.807, 2.05) is 16.1 Å². The summed E-state index contributed by atoms with van der Waals surface area (Å²) in [5, 5.41) is 14.5. The molecule has 214 valence electrons. The molecule has 0 radical (unpaired) electrons. The van der Waals surface area contributed by atoms with E-state index < -0.39 is 17.3 Å². The summed E-state index contributed by atoms with van der Waals surface area (Å²) in [6.45, 7) is 3.11. The lowest BCUT2D eigenvalue weighted by molar-refractivity contribution is -0.139. The number of H-pyrrole nitrogens is 1. The normalized spacial score (nSPS) is 23.8. The Labute approximate surface area is 229 Å². The third-order valence-corrected chi connectivity index (χ3v) is 8.10. The van der Waals surface area contributed by atoms with Crippen LogP contribution in [-0.2, 0) is 15.7 Å². The molecule has 2 saturated heterocycles. The van der Waals surface area contributed by atoms with Crippen molar-refractivity contribution in [3.05, 3.63) is 46.0 Å². The monoisotopic (exact) mass is 559 g/mol. The highest BCUT2D eigenvalue weighted by Crippen LogP contribution is 2.37. The number of nitrogens with one attached hydrogen (secondary N) is 1. The number of alkyl halides is 3. The number of anilines is 2. The third-order valence-electron chi connectivity index (χ3n) is 8.10. The number of nitrogens with zero attached hydrogens (tertiary/aromatic N) is 6. The number of piperazine rings is 1. The second kappa shape index (κ2) is 11.8. The van der Waals surface area contributed by atoms with Gasteiger partial charge in [-0.3, -0.25) is 9.59 Å². The van der Waals surface area contributed by atoms with Crippen LogP contribution in [0.2, 0.25) is 0 Å². The summed E-state index contributed by atoms with van der Waals surface area (Å²) in [5.74, 6) is 0.760. The van der Waals surface area contributed by atoms with Gasteiger partial charge < -0.3 is 19.4 Å². The van der Waals surface area contributed by atoms with Gasteiger partial charge in [-0.2, -0.15) is 23.5 Å². The first-order valence-corrected chi connectivity index (χ1v) is 13.7. The lowest BCUT2D eigenvalue weighted by Crippen LogP contribution is -2.51. The van der Waals surface area contributed by atoms with Gasteiger partial charge in [0.25, 0.3) is 5.56 Å². The average molecular weight is 560 g/mol. The molecule has 10 nitrogen and oxygen atoms in total. The largest absolute Gasteiger partial charge is 0.423 e.